The van der Waals surface area contributed by atoms with Crippen LogP contribution in [-0.2, 0) is 14.3 Å². The number of ether oxygens (including phenoxy) is 1. The number of carbonyl (C=O) groups excluding carboxylic acids is 2. The normalized spacial score (nSPS) is 12.3. The van der Waals surface area contributed by atoms with Crippen molar-refractivity contribution in [3.63, 3.8) is 0 Å². The van der Waals surface area contributed by atoms with Crippen LogP contribution in [-0.4, -0.2) is 37.6 Å². The van der Waals surface area contributed by atoms with E-state index >= 15 is 0 Å². The van der Waals surface area contributed by atoms with E-state index in [2.05, 4.69) is 48.8 Å². The zero-order valence-corrected chi connectivity index (χ0v) is 30.3. The summed E-state index contributed by atoms with van der Waals surface area (Å²) in [5.74, 6) is -0.0575. The van der Waals surface area contributed by atoms with Crippen molar-refractivity contribution in [3.05, 3.63) is 24.3 Å². The molecule has 0 saturated carbocycles. The number of allylic oxidation sites excluding steroid dienone is 4. The molecule has 1 amide bonds. The van der Waals surface area contributed by atoms with E-state index in [9.17, 15) is 9.59 Å². The van der Waals surface area contributed by atoms with Gasteiger partial charge in [0, 0.05) is 19.5 Å². The lowest BCUT2D eigenvalue weighted by Gasteiger charge is -2.17. The molecule has 1 unspecified atom stereocenters. The van der Waals surface area contributed by atoms with Gasteiger partial charge in [0.1, 0.15) is 6.04 Å². The Labute approximate surface area is 280 Å². The topological polar surface area (TPSA) is 67.4 Å². The minimum atomic E-state index is -0.288. The van der Waals surface area contributed by atoms with Gasteiger partial charge >= 0.3 is 5.97 Å². The molecular weight excluding hydrogens is 556 g/mol. The molecular formula is C40H76N2O3. The molecule has 0 aliphatic heterocycles. The maximum Gasteiger partial charge on any atom is 0.323 e. The molecule has 1 atom stereocenters. The van der Waals surface area contributed by atoms with Crippen molar-refractivity contribution in [1.82, 2.24) is 10.6 Å². The van der Waals surface area contributed by atoms with Gasteiger partial charge in [-0.05, 0) is 71.1 Å². The van der Waals surface area contributed by atoms with Crippen molar-refractivity contribution in [2.24, 2.45) is 0 Å². The van der Waals surface area contributed by atoms with Crippen molar-refractivity contribution in [1.29, 1.82) is 0 Å². The molecule has 45 heavy (non-hydrogen) atoms. The molecule has 0 rings (SSSR count). The molecule has 0 saturated heterocycles. The molecule has 0 radical (unpaired) electrons. The molecule has 264 valence electrons. The van der Waals surface area contributed by atoms with E-state index < -0.39 is 0 Å². The lowest BCUT2D eigenvalue weighted by molar-refractivity contribution is -0.145. The summed E-state index contributed by atoms with van der Waals surface area (Å²) in [6.07, 6.45) is 42.3. The minimum absolute atomic E-state index is 0.114. The van der Waals surface area contributed by atoms with Crippen molar-refractivity contribution < 1.29 is 14.3 Å². The number of hydrogen-bond acceptors (Lipinski definition) is 4. The van der Waals surface area contributed by atoms with Gasteiger partial charge < -0.3 is 15.4 Å². The van der Waals surface area contributed by atoms with Crippen LogP contribution in [0.1, 0.15) is 194 Å². The first-order chi connectivity index (χ1) is 22.2. The Morgan fingerprint density at radius 3 is 1.42 bits per heavy atom. The Balaban J connectivity index is 3.76. The molecule has 0 aliphatic carbocycles. The standard InChI is InChI=1S/C40H76N2O3/c1-4-7-9-11-13-15-17-19-21-23-25-27-29-31-33-35-39(43)42-37-36-41-38(40(44)45-6-3)34-32-30-28-26-24-22-20-18-16-14-12-10-8-5-2/h19-22,38,41H,4-18,23-37H2,1-3H3,(H,42,43)/b21-19-,22-20-. The summed E-state index contributed by atoms with van der Waals surface area (Å²) in [4.78, 5) is 24.7. The Bertz CT molecular complexity index is 691. The summed E-state index contributed by atoms with van der Waals surface area (Å²) in [5.41, 5.74) is 0. The number of esters is 1. The number of unbranched alkanes of at least 4 members (excludes halogenated alkanes) is 21. The smallest absolute Gasteiger partial charge is 0.323 e. The number of rotatable bonds is 35. The van der Waals surface area contributed by atoms with Gasteiger partial charge in [-0.25, -0.2) is 0 Å². The molecule has 0 bridgehead atoms. The molecule has 0 aromatic heterocycles. The van der Waals surface area contributed by atoms with Crippen LogP contribution in [0, 0.1) is 0 Å². The quantitative estimate of drug-likeness (QED) is 0.0414. The monoisotopic (exact) mass is 633 g/mol. The number of nitrogens with one attached hydrogen (secondary N) is 2. The summed E-state index contributed by atoms with van der Waals surface area (Å²) in [7, 11) is 0. The molecule has 0 fully saturated rings. The molecule has 0 aromatic carbocycles. The maximum absolute atomic E-state index is 12.4. The third-order valence-corrected chi connectivity index (χ3v) is 8.58. The molecule has 2 N–H and O–H groups in total. The van der Waals surface area contributed by atoms with Crippen LogP contribution in [0.5, 0.6) is 0 Å². The van der Waals surface area contributed by atoms with Crippen molar-refractivity contribution in [3.8, 4) is 0 Å². The number of hydrogen-bond donors (Lipinski definition) is 2. The first-order valence-corrected chi connectivity index (χ1v) is 19.6. The Kier molecular flexibility index (Phi) is 35.5. The van der Waals surface area contributed by atoms with Gasteiger partial charge in [-0.15, -0.1) is 0 Å². The summed E-state index contributed by atoms with van der Waals surface area (Å²) in [6, 6.07) is -0.288. The van der Waals surface area contributed by atoms with Crippen LogP contribution in [0.4, 0.5) is 0 Å². The molecule has 5 heteroatoms. The molecule has 0 spiro atoms. The fourth-order valence-corrected chi connectivity index (χ4v) is 5.68. The van der Waals surface area contributed by atoms with Crippen LogP contribution in [0.15, 0.2) is 24.3 Å². The van der Waals surface area contributed by atoms with Crippen molar-refractivity contribution >= 4 is 11.9 Å². The second kappa shape index (κ2) is 36.8. The number of carbonyl (C=O) groups is 2. The highest BCUT2D eigenvalue weighted by molar-refractivity contribution is 5.76. The fourth-order valence-electron chi connectivity index (χ4n) is 5.68. The average Bonchev–Trinajstić information content (AvgIpc) is 3.04. The van der Waals surface area contributed by atoms with E-state index in [-0.39, 0.29) is 17.9 Å². The third-order valence-electron chi connectivity index (χ3n) is 8.58. The second-order valence-electron chi connectivity index (χ2n) is 13.0. The number of amides is 1. The highest BCUT2D eigenvalue weighted by Crippen LogP contribution is 2.12. The first-order valence-electron chi connectivity index (χ1n) is 19.6. The van der Waals surface area contributed by atoms with E-state index in [0.717, 1.165) is 38.5 Å². The average molecular weight is 633 g/mol. The Morgan fingerprint density at radius 1 is 0.533 bits per heavy atom. The molecule has 0 aromatic rings. The molecule has 0 aliphatic rings. The van der Waals surface area contributed by atoms with E-state index in [4.69, 9.17) is 4.74 Å². The molecule has 0 heterocycles. The summed E-state index contributed by atoms with van der Waals surface area (Å²) < 4.78 is 5.29. The predicted octanol–water partition coefficient (Wildman–Crippen LogP) is 11.3. The van der Waals surface area contributed by atoms with Crippen LogP contribution < -0.4 is 10.6 Å². The van der Waals surface area contributed by atoms with Gasteiger partial charge in [0.25, 0.3) is 0 Å². The zero-order valence-electron chi connectivity index (χ0n) is 30.3. The maximum atomic E-state index is 12.4. The van der Waals surface area contributed by atoms with Crippen LogP contribution in [0.3, 0.4) is 0 Å². The van der Waals surface area contributed by atoms with Gasteiger partial charge in [-0.1, -0.05) is 141 Å². The van der Waals surface area contributed by atoms with E-state index in [1.54, 1.807) is 0 Å². The van der Waals surface area contributed by atoms with Crippen LogP contribution in [0.2, 0.25) is 0 Å². The van der Waals surface area contributed by atoms with E-state index in [1.807, 2.05) is 6.92 Å². The Morgan fingerprint density at radius 2 is 0.956 bits per heavy atom. The lowest BCUT2D eigenvalue weighted by Crippen LogP contribution is -2.42. The summed E-state index contributed by atoms with van der Waals surface area (Å²) in [5, 5.41) is 6.33. The van der Waals surface area contributed by atoms with Gasteiger partial charge in [-0.2, -0.15) is 0 Å². The van der Waals surface area contributed by atoms with Crippen LogP contribution in [0.25, 0.3) is 0 Å². The van der Waals surface area contributed by atoms with Crippen molar-refractivity contribution in [2.45, 2.75) is 200 Å². The van der Waals surface area contributed by atoms with Gasteiger partial charge in [0.05, 0.1) is 6.61 Å². The van der Waals surface area contributed by atoms with Crippen molar-refractivity contribution in [2.75, 3.05) is 19.7 Å². The zero-order chi connectivity index (χ0) is 32.9. The first kappa shape index (κ1) is 43.4. The third kappa shape index (κ3) is 33.6. The highest BCUT2D eigenvalue weighted by Gasteiger charge is 2.18. The van der Waals surface area contributed by atoms with Gasteiger partial charge in [0.2, 0.25) is 5.91 Å². The summed E-state index contributed by atoms with van der Waals surface area (Å²) >= 11 is 0. The molecule has 5 nitrogen and oxygen atoms in total. The SMILES string of the molecule is CCCCCCCC/C=C\CCCCCCCC(=O)NCCNC(CCCCCC/C=C\CCCCCCCC)C(=O)OCC. The lowest BCUT2D eigenvalue weighted by atomic mass is 10.1. The Hall–Kier alpha value is -1.62. The fraction of sp³-hybridized carbons (Fsp3) is 0.850. The second-order valence-corrected chi connectivity index (χ2v) is 13.0. The van der Waals surface area contributed by atoms with Crippen LogP contribution >= 0.6 is 0 Å². The van der Waals surface area contributed by atoms with E-state index in [1.165, 1.54) is 128 Å². The largest absolute Gasteiger partial charge is 0.465 e. The van der Waals surface area contributed by atoms with E-state index in [0.29, 0.717) is 26.1 Å². The summed E-state index contributed by atoms with van der Waals surface area (Å²) in [6.45, 7) is 7.92. The highest BCUT2D eigenvalue weighted by atomic mass is 16.5. The van der Waals surface area contributed by atoms with Gasteiger partial charge in [-0.3, -0.25) is 9.59 Å². The predicted molar refractivity (Wildman–Crippen MR) is 196 cm³/mol. The van der Waals surface area contributed by atoms with Gasteiger partial charge in [0.15, 0.2) is 0 Å². The minimum Gasteiger partial charge on any atom is -0.465 e.